The summed E-state index contributed by atoms with van der Waals surface area (Å²) in [6, 6.07) is 1.91. The van der Waals surface area contributed by atoms with Crippen molar-refractivity contribution in [2.45, 2.75) is 26.2 Å². The minimum absolute atomic E-state index is 0.687. The molecular weight excluding hydrogens is 200 g/mol. The van der Waals surface area contributed by atoms with Crippen LogP contribution in [0.15, 0.2) is 18.5 Å². The van der Waals surface area contributed by atoms with Crippen molar-refractivity contribution in [3.05, 3.63) is 24.0 Å². The Balaban J connectivity index is 2.55. The normalized spacial score (nSPS) is 9.38. The van der Waals surface area contributed by atoms with Crippen LogP contribution in [-0.4, -0.2) is 18.1 Å². The van der Waals surface area contributed by atoms with Gasteiger partial charge in [-0.25, -0.2) is 0 Å². The van der Waals surface area contributed by atoms with Gasteiger partial charge in [0.05, 0.1) is 12.8 Å². The zero-order valence-electron chi connectivity index (χ0n) is 9.70. The summed E-state index contributed by atoms with van der Waals surface area (Å²) < 4.78 is 5.47. The lowest BCUT2D eigenvalue weighted by Crippen LogP contribution is -1.96. The molecule has 1 aromatic rings. The maximum absolute atomic E-state index is 5.47. The first kappa shape index (κ1) is 12.5. The van der Waals surface area contributed by atoms with Gasteiger partial charge in [-0.15, -0.1) is 0 Å². The molecule has 3 nitrogen and oxygen atoms in total. The SMILES string of the molecule is CCCOc1cncc(C#CCCCN)c1. The zero-order chi connectivity index (χ0) is 11.6. The Morgan fingerprint density at radius 1 is 1.44 bits per heavy atom. The number of nitrogens with zero attached hydrogens (tertiary/aromatic N) is 1. The highest BCUT2D eigenvalue weighted by atomic mass is 16.5. The van der Waals surface area contributed by atoms with Crippen molar-refractivity contribution in [2.75, 3.05) is 13.2 Å². The summed E-state index contributed by atoms with van der Waals surface area (Å²) in [5.74, 6) is 6.89. The monoisotopic (exact) mass is 218 g/mol. The number of nitrogens with two attached hydrogens (primary N) is 1. The molecule has 0 radical (unpaired) electrons. The van der Waals surface area contributed by atoms with E-state index in [-0.39, 0.29) is 0 Å². The second-order valence-electron chi connectivity index (χ2n) is 3.45. The highest BCUT2D eigenvalue weighted by Crippen LogP contribution is 2.10. The lowest BCUT2D eigenvalue weighted by Gasteiger charge is -2.03. The van der Waals surface area contributed by atoms with Crippen LogP contribution < -0.4 is 10.5 Å². The molecule has 0 aliphatic carbocycles. The van der Waals surface area contributed by atoms with Crippen LogP contribution in [0.25, 0.3) is 0 Å². The van der Waals surface area contributed by atoms with Crippen LogP contribution in [0.2, 0.25) is 0 Å². The van der Waals surface area contributed by atoms with E-state index in [1.54, 1.807) is 12.4 Å². The summed E-state index contributed by atoms with van der Waals surface area (Å²) in [5.41, 5.74) is 6.28. The van der Waals surface area contributed by atoms with Crippen molar-refractivity contribution in [1.29, 1.82) is 0 Å². The zero-order valence-corrected chi connectivity index (χ0v) is 9.70. The lowest BCUT2D eigenvalue weighted by molar-refractivity contribution is 0.316. The van der Waals surface area contributed by atoms with E-state index in [1.807, 2.05) is 6.07 Å². The highest BCUT2D eigenvalue weighted by molar-refractivity contribution is 5.36. The van der Waals surface area contributed by atoms with E-state index in [4.69, 9.17) is 10.5 Å². The first-order valence-electron chi connectivity index (χ1n) is 5.63. The maximum Gasteiger partial charge on any atom is 0.138 e. The van der Waals surface area contributed by atoms with Crippen molar-refractivity contribution in [3.8, 4) is 17.6 Å². The fourth-order valence-electron chi connectivity index (χ4n) is 1.14. The molecule has 2 N–H and O–H groups in total. The summed E-state index contributed by atoms with van der Waals surface area (Å²) in [6.07, 6.45) is 6.21. The van der Waals surface area contributed by atoms with Crippen molar-refractivity contribution < 1.29 is 4.74 Å². The number of ether oxygens (including phenoxy) is 1. The molecular formula is C13H18N2O. The topological polar surface area (TPSA) is 48.1 Å². The summed E-state index contributed by atoms with van der Waals surface area (Å²) in [5, 5.41) is 0. The summed E-state index contributed by atoms with van der Waals surface area (Å²) >= 11 is 0. The molecule has 3 heteroatoms. The first-order valence-corrected chi connectivity index (χ1v) is 5.63. The van der Waals surface area contributed by atoms with Crippen molar-refractivity contribution >= 4 is 0 Å². The summed E-state index contributed by atoms with van der Waals surface area (Å²) in [6.45, 7) is 3.47. The average molecular weight is 218 g/mol. The molecule has 0 saturated carbocycles. The molecule has 1 rings (SSSR count). The molecule has 0 aliphatic heterocycles. The second-order valence-corrected chi connectivity index (χ2v) is 3.45. The molecule has 0 spiro atoms. The van der Waals surface area contributed by atoms with E-state index in [2.05, 4.69) is 23.7 Å². The lowest BCUT2D eigenvalue weighted by atomic mass is 10.2. The Morgan fingerprint density at radius 3 is 3.06 bits per heavy atom. The van der Waals surface area contributed by atoms with Gasteiger partial charge in [0.25, 0.3) is 0 Å². The molecule has 16 heavy (non-hydrogen) atoms. The second kappa shape index (κ2) is 7.72. The fourth-order valence-corrected chi connectivity index (χ4v) is 1.14. The number of unbranched alkanes of at least 4 members (excludes halogenated alkanes) is 1. The van der Waals surface area contributed by atoms with E-state index in [9.17, 15) is 0 Å². The summed E-state index contributed by atoms with van der Waals surface area (Å²) in [4.78, 5) is 4.08. The van der Waals surface area contributed by atoms with Crippen molar-refractivity contribution in [1.82, 2.24) is 4.98 Å². The Labute approximate surface area is 97.0 Å². The quantitative estimate of drug-likeness (QED) is 0.607. The predicted octanol–water partition coefficient (Wildman–Crippen LogP) is 1.96. The van der Waals surface area contributed by atoms with E-state index >= 15 is 0 Å². The van der Waals surface area contributed by atoms with E-state index in [1.165, 1.54) is 0 Å². The van der Waals surface area contributed by atoms with Gasteiger partial charge in [-0.3, -0.25) is 4.98 Å². The Hall–Kier alpha value is -1.53. The van der Waals surface area contributed by atoms with Crippen molar-refractivity contribution in [2.24, 2.45) is 5.73 Å². The van der Waals surface area contributed by atoms with E-state index in [0.29, 0.717) is 13.2 Å². The van der Waals surface area contributed by atoms with Crippen LogP contribution in [0.1, 0.15) is 31.7 Å². The van der Waals surface area contributed by atoms with Gasteiger partial charge in [-0.1, -0.05) is 18.8 Å². The molecule has 0 unspecified atom stereocenters. The molecule has 86 valence electrons. The van der Waals surface area contributed by atoms with Crippen LogP contribution in [0.4, 0.5) is 0 Å². The molecule has 1 heterocycles. The van der Waals surface area contributed by atoms with Gasteiger partial charge in [0.15, 0.2) is 0 Å². The standard InChI is InChI=1S/C13H18N2O/c1-2-8-16-13-9-12(10-15-11-13)6-4-3-5-7-14/h9-11H,2-3,5,7-8,14H2,1H3. The smallest absolute Gasteiger partial charge is 0.138 e. The third kappa shape index (κ3) is 4.81. The van der Waals surface area contributed by atoms with Crippen LogP contribution in [0, 0.1) is 11.8 Å². The number of hydrogen-bond donors (Lipinski definition) is 1. The first-order chi connectivity index (χ1) is 7.86. The van der Waals surface area contributed by atoms with Crippen LogP contribution >= 0.6 is 0 Å². The molecule has 1 aromatic heterocycles. The van der Waals surface area contributed by atoms with Gasteiger partial charge in [-0.2, -0.15) is 0 Å². The molecule has 0 saturated heterocycles. The van der Waals surface area contributed by atoms with Crippen LogP contribution in [0.5, 0.6) is 5.75 Å². The highest BCUT2D eigenvalue weighted by Gasteiger charge is 1.94. The Kier molecular flexibility index (Phi) is 6.05. The Bertz CT molecular complexity index is 366. The number of rotatable bonds is 5. The number of aromatic nitrogens is 1. The van der Waals surface area contributed by atoms with Gasteiger partial charge in [0.2, 0.25) is 0 Å². The van der Waals surface area contributed by atoms with E-state index < -0.39 is 0 Å². The third-order valence-electron chi connectivity index (χ3n) is 1.92. The van der Waals surface area contributed by atoms with Crippen LogP contribution in [0.3, 0.4) is 0 Å². The van der Waals surface area contributed by atoms with Crippen LogP contribution in [-0.2, 0) is 0 Å². The van der Waals surface area contributed by atoms with E-state index in [0.717, 1.165) is 30.6 Å². The van der Waals surface area contributed by atoms with Crippen molar-refractivity contribution in [3.63, 3.8) is 0 Å². The molecule has 0 atom stereocenters. The van der Waals surface area contributed by atoms with Gasteiger partial charge in [0, 0.05) is 18.2 Å². The maximum atomic E-state index is 5.47. The van der Waals surface area contributed by atoms with Gasteiger partial charge < -0.3 is 10.5 Å². The van der Waals surface area contributed by atoms with Gasteiger partial charge >= 0.3 is 0 Å². The minimum Gasteiger partial charge on any atom is -0.492 e. The largest absolute Gasteiger partial charge is 0.492 e. The average Bonchev–Trinajstić information content (AvgIpc) is 2.33. The minimum atomic E-state index is 0.687. The fraction of sp³-hybridized carbons (Fsp3) is 0.462. The molecule has 0 amide bonds. The molecule has 0 bridgehead atoms. The number of hydrogen-bond acceptors (Lipinski definition) is 3. The molecule has 0 fully saturated rings. The molecule has 0 aliphatic rings. The summed E-state index contributed by atoms with van der Waals surface area (Å²) in [7, 11) is 0. The molecule has 0 aromatic carbocycles. The Morgan fingerprint density at radius 2 is 2.31 bits per heavy atom. The predicted molar refractivity (Wildman–Crippen MR) is 65.2 cm³/mol. The van der Waals surface area contributed by atoms with Gasteiger partial charge in [0.1, 0.15) is 5.75 Å². The third-order valence-corrected chi connectivity index (χ3v) is 1.92. The number of pyridine rings is 1. The van der Waals surface area contributed by atoms with Gasteiger partial charge in [-0.05, 0) is 25.5 Å².